The summed E-state index contributed by atoms with van der Waals surface area (Å²) in [6.07, 6.45) is 6.71. The molecular formula is C24H29ClN4O3. The number of urea groups is 1. The van der Waals surface area contributed by atoms with Crippen LogP contribution in [0, 0.1) is 0 Å². The number of aromatic nitrogens is 1. The van der Waals surface area contributed by atoms with Gasteiger partial charge in [-0.15, -0.1) is 0 Å². The predicted molar refractivity (Wildman–Crippen MR) is 123 cm³/mol. The van der Waals surface area contributed by atoms with E-state index in [1.807, 2.05) is 30.3 Å². The zero-order valence-electron chi connectivity index (χ0n) is 18.1. The normalized spacial score (nSPS) is 16.8. The first kappa shape index (κ1) is 22.4. The molecule has 1 saturated carbocycles. The Morgan fingerprint density at radius 1 is 1.00 bits per heavy atom. The molecule has 7 nitrogen and oxygen atoms in total. The van der Waals surface area contributed by atoms with Crippen molar-refractivity contribution in [3.63, 3.8) is 0 Å². The number of nitrogens with zero attached hydrogens (tertiary/aromatic N) is 3. The van der Waals surface area contributed by atoms with Gasteiger partial charge in [-0.25, -0.2) is 9.78 Å². The Hall–Kier alpha value is -2.80. The Kier molecular flexibility index (Phi) is 7.47. The number of halogens is 1. The molecule has 1 N–H and O–H groups in total. The summed E-state index contributed by atoms with van der Waals surface area (Å²) in [5, 5.41) is 3.57. The highest BCUT2D eigenvalue weighted by molar-refractivity contribution is 6.31. The van der Waals surface area contributed by atoms with Crippen LogP contribution < -0.4 is 10.1 Å². The fourth-order valence-corrected chi connectivity index (χ4v) is 4.39. The Morgan fingerprint density at radius 2 is 1.69 bits per heavy atom. The highest BCUT2D eigenvalue weighted by Gasteiger charge is 2.25. The molecule has 1 aliphatic heterocycles. The quantitative estimate of drug-likeness (QED) is 0.719. The number of hydrogen-bond donors (Lipinski definition) is 1. The van der Waals surface area contributed by atoms with Crippen molar-refractivity contribution in [1.82, 2.24) is 20.1 Å². The van der Waals surface area contributed by atoms with Crippen LogP contribution in [0.2, 0.25) is 5.02 Å². The van der Waals surface area contributed by atoms with E-state index in [9.17, 15) is 9.59 Å². The van der Waals surface area contributed by atoms with Crippen LogP contribution in [0.15, 0.2) is 42.6 Å². The van der Waals surface area contributed by atoms with Crippen molar-refractivity contribution in [2.75, 3.05) is 26.2 Å². The molecule has 1 saturated heterocycles. The summed E-state index contributed by atoms with van der Waals surface area (Å²) in [4.78, 5) is 33.2. The summed E-state index contributed by atoms with van der Waals surface area (Å²) in [5.74, 6) is 0.636. The zero-order valence-corrected chi connectivity index (χ0v) is 18.9. The van der Waals surface area contributed by atoms with E-state index in [1.54, 1.807) is 22.1 Å². The van der Waals surface area contributed by atoms with Gasteiger partial charge in [-0.3, -0.25) is 4.79 Å². The number of piperazine rings is 1. The number of carbonyl (C=O) groups is 2. The van der Waals surface area contributed by atoms with Gasteiger partial charge >= 0.3 is 6.03 Å². The van der Waals surface area contributed by atoms with Gasteiger partial charge in [0.05, 0.1) is 6.42 Å². The molecule has 170 valence electrons. The van der Waals surface area contributed by atoms with Crippen LogP contribution >= 0.6 is 11.6 Å². The molecule has 2 aliphatic rings. The fourth-order valence-electron chi connectivity index (χ4n) is 4.19. The number of benzene rings is 1. The van der Waals surface area contributed by atoms with Crippen molar-refractivity contribution >= 4 is 23.5 Å². The molecular weight excluding hydrogens is 428 g/mol. The number of carbonyl (C=O) groups excluding carboxylic acids is 2. The third-order valence-electron chi connectivity index (χ3n) is 6.08. The molecule has 2 fully saturated rings. The molecule has 0 spiro atoms. The lowest BCUT2D eigenvalue weighted by Crippen LogP contribution is -2.53. The lowest BCUT2D eigenvalue weighted by Gasteiger charge is -2.35. The third kappa shape index (κ3) is 5.71. The average Bonchev–Trinajstić information content (AvgIpc) is 3.33. The molecule has 0 radical (unpaired) electrons. The molecule has 0 unspecified atom stereocenters. The number of ether oxygens (including phenoxy) is 1. The van der Waals surface area contributed by atoms with Crippen LogP contribution in [-0.4, -0.2) is 59.0 Å². The molecule has 8 heteroatoms. The van der Waals surface area contributed by atoms with Crippen LogP contribution in [0.3, 0.4) is 0 Å². The summed E-state index contributed by atoms with van der Waals surface area (Å²) in [6, 6.07) is 11.0. The van der Waals surface area contributed by atoms with Crippen molar-refractivity contribution in [3.05, 3.63) is 58.7 Å². The highest BCUT2D eigenvalue weighted by atomic mass is 35.5. The molecule has 1 aromatic heterocycles. The summed E-state index contributed by atoms with van der Waals surface area (Å²) in [6.45, 7) is 2.39. The van der Waals surface area contributed by atoms with Crippen molar-refractivity contribution in [2.45, 2.75) is 44.8 Å². The summed E-state index contributed by atoms with van der Waals surface area (Å²) in [5.41, 5.74) is 1.70. The van der Waals surface area contributed by atoms with Crippen LogP contribution in [0.25, 0.3) is 0 Å². The SMILES string of the molecule is O=C(Cc1ccccc1Cl)N1CCN(C(=O)NCc2cccnc2OC2CCCC2)CC1. The number of hydrogen-bond acceptors (Lipinski definition) is 4. The maximum atomic E-state index is 12.7. The van der Waals surface area contributed by atoms with Crippen molar-refractivity contribution in [1.29, 1.82) is 0 Å². The zero-order chi connectivity index (χ0) is 22.3. The highest BCUT2D eigenvalue weighted by Crippen LogP contribution is 2.25. The van der Waals surface area contributed by atoms with Gasteiger partial charge in [0, 0.05) is 49.5 Å². The van der Waals surface area contributed by atoms with Crippen LogP contribution in [0.5, 0.6) is 5.88 Å². The smallest absolute Gasteiger partial charge is 0.317 e. The topological polar surface area (TPSA) is 74.8 Å². The maximum Gasteiger partial charge on any atom is 0.317 e. The lowest BCUT2D eigenvalue weighted by molar-refractivity contribution is -0.131. The van der Waals surface area contributed by atoms with Crippen LogP contribution in [0.4, 0.5) is 4.79 Å². The standard InChI is InChI=1S/C24H29ClN4O3/c25-21-10-4-1-6-18(21)16-22(30)28-12-14-29(15-13-28)24(31)27-17-19-7-5-11-26-23(19)32-20-8-2-3-9-20/h1,4-7,10-11,20H,2-3,8-9,12-17H2,(H,27,31). The Morgan fingerprint density at radius 3 is 2.44 bits per heavy atom. The number of nitrogens with one attached hydrogen (secondary N) is 1. The van der Waals surface area contributed by atoms with Crippen molar-refractivity contribution < 1.29 is 14.3 Å². The van der Waals surface area contributed by atoms with Crippen LogP contribution in [0.1, 0.15) is 36.8 Å². The summed E-state index contributed by atoms with van der Waals surface area (Å²) >= 11 is 6.17. The third-order valence-corrected chi connectivity index (χ3v) is 6.45. The largest absolute Gasteiger partial charge is 0.474 e. The van der Waals surface area contributed by atoms with E-state index in [0.29, 0.717) is 43.6 Å². The molecule has 2 heterocycles. The van der Waals surface area contributed by atoms with Crippen molar-refractivity contribution in [3.8, 4) is 5.88 Å². The van der Waals surface area contributed by atoms with Gasteiger partial charge in [0.2, 0.25) is 11.8 Å². The van der Waals surface area contributed by atoms with Gasteiger partial charge in [0.25, 0.3) is 0 Å². The molecule has 1 aromatic carbocycles. The first-order valence-corrected chi connectivity index (χ1v) is 11.6. The number of pyridine rings is 1. The number of amides is 3. The van der Waals surface area contributed by atoms with Gasteiger partial charge in [-0.1, -0.05) is 35.9 Å². The second-order valence-corrected chi connectivity index (χ2v) is 8.69. The Balaban J connectivity index is 1.24. The van der Waals surface area contributed by atoms with Crippen molar-refractivity contribution in [2.24, 2.45) is 0 Å². The minimum absolute atomic E-state index is 0.0298. The van der Waals surface area contributed by atoms with E-state index in [4.69, 9.17) is 16.3 Å². The van der Waals surface area contributed by atoms with Gasteiger partial charge in [-0.2, -0.15) is 0 Å². The van der Waals surface area contributed by atoms with E-state index in [2.05, 4.69) is 10.3 Å². The van der Waals surface area contributed by atoms with E-state index < -0.39 is 0 Å². The van der Waals surface area contributed by atoms with E-state index in [-0.39, 0.29) is 24.5 Å². The Labute approximate surface area is 193 Å². The second kappa shape index (κ2) is 10.7. The monoisotopic (exact) mass is 456 g/mol. The molecule has 32 heavy (non-hydrogen) atoms. The molecule has 4 rings (SSSR count). The molecule has 0 atom stereocenters. The number of rotatable bonds is 6. The molecule has 0 bridgehead atoms. The predicted octanol–water partition coefficient (Wildman–Crippen LogP) is 3.65. The first-order valence-electron chi connectivity index (χ1n) is 11.2. The second-order valence-electron chi connectivity index (χ2n) is 8.29. The van der Waals surface area contributed by atoms with Gasteiger partial charge in [0.1, 0.15) is 6.10 Å². The average molecular weight is 457 g/mol. The summed E-state index contributed by atoms with van der Waals surface area (Å²) in [7, 11) is 0. The molecule has 3 amide bonds. The molecule has 1 aliphatic carbocycles. The summed E-state index contributed by atoms with van der Waals surface area (Å²) < 4.78 is 6.05. The Bertz CT molecular complexity index is 940. The fraction of sp³-hybridized carbons (Fsp3) is 0.458. The minimum Gasteiger partial charge on any atom is -0.474 e. The maximum absolute atomic E-state index is 12.7. The van der Waals surface area contributed by atoms with Gasteiger partial charge in [0.15, 0.2) is 0 Å². The van der Waals surface area contributed by atoms with E-state index in [1.165, 1.54) is 12.8 Å². The lowest BCUT2D eigenvalue weighted by atomic mass is 10.1. The molecule has 2 aromatic rings. The first-order chi connectivity index (χ1) is 15.6. The van der Waals surface area contributed by atoms with Gasteiger partial charge in [-0.05, 0) is 43.4 Å². The van der Waals surface area contributed by atoms with Crippen LogP contribution in [-0.2, 0) is 17.8 Å². The van der Waals surface area contributed by atoms with Gasteiger partial charge < -0.3 is 19.9 Å². The van der Waals surface area contributed by atoms with E-state index >= 15 is 0 Å². The van der Waals surface area contributed by atoms with E-state index in [0.717, 1.165) is 24.0 Å². The minimum atomic E-state index is -0.140.